The maximum atomic E-state index is 12.4. The first-order valence-corrected chi connectivity index (χ1v) is 10.3. The summed E-state index contributed by atoms with van der Waals surface area (Å²) in [6, 6.07) is 16.1. The molecule has 5 heteroatoms. The minimum absolute atomic E-state index is 0.129. The van der Waals surface area contributed by atoms with Crippen molar-refractivity contribution in [2.24, 2.45) is 11.8 Å². The van der Waals surface area contributed by atoms with Gasteiger partial charge in [-0.3, -0.25) is 9.59 Å². The van der Waals surface area contributed by atoms with E-state index in [1.54, 1.807) is 0 Å². The van der Waals surface area contributed by atoms with E-state index in [1.165, 1.54) is 5.56 Å². The molecule has 1 fully saturated rings. The van der Waals surface area contributed by atoms with E-state index in [-0.39, 0.29) is 5.91 Å². The second-order valence-corrected chi connectivity index (χ2v) is 7.79. The molecular weight excluding hydrogens is 366 g/mol. The van der Waals surface area contributed by atoms with Gasteiger partial charge in [0.25, 0.3) is 0 Å². The van der Waals surface area contributed by atoms with Crippen LogP contribution in [0.5, 0.6) is 5.75 Å². The third kappa shape index (κ3) is 6.08. The lowest BCUT2D eigenvalue weighted by molar-refractivity contribution is -0.148. The summed E-state index contributed by atoms with van der Waals surface area (Å²) in [6.07, 6.45) is 3.77. The number of benzene rings is 2. The Hall–Kier alpha value is -2.82. The molecule has 2 aromatic carbocycles. The molecular formula is C24H29NO4. The normalized spacial score (nSPS) is 18.8. The molecule has 0 aromatic heterocycles. The van der Waals surface area contributed by atoms with Gasteiger partial charge in [0.15, 0.2) is 0 Å². The number of carbonyl (C=O) groups excluding carboxylic acids is 1. The molecule has 29 heavy (non-hydrogen) atoms. The molecule has 0 bridgehead atoms. The Morgan fingerprint density at radius 1 is 0.966 bits per heavy atom. The van der Waals surface area contributed by atoms with Crippen molar-refractivity contribution in [2.45, 2.75) is 45.6 Å². The van der Waals surface area contributed by atoms with Crippen LogP contribution in [0.2, 0.25) is 0 Å². The van der Waals surface area contributed by atoms with Gasteiger partial charge in [0, 0.05) is 6.54 Å². The number of aliphatic carboxylic acids is 1. The Morgan fingerprint density at radius 3 is 2.24 bits per heavy atom. The lowest BCUT2D eigenvalue weighted by atomic mass is 9.78. The van der Waals surface area contributed by atoms with Crippen molar-refractivity contribution in [3.8, 4) is 5.75 Å². The number of amides is 1. The maximum Gasteiger partial charge on any atom is 0.307 e. The van der Waals surface area contributed by atoms with Gasteiger partial charge < -0.3 is 15.2 Å². The van der Waals surface area contributed by atoms with Crippen LogP contribution in [0.15, 0.2) is 48.5 Å². The molecule has 5 nitrogen and oxygen atoms in total. The third-order valence-corrected chi connectivity index (χ3v) is 5.58. The Bertz CT molecular complexity index is 814. The summed E-state index contributed by atoms with van der Waals surface area (Å²) < 4.78 is 5.82. The van der Waals surface area contributed by atoms with Crippen LogP contribution in [0.4, 0.5) is 0 Å². The van der Waals surface area contributed by atoms with Gasteiger partial charge in [0.2, 0.25) is 5.91 Å². The fraction of sp³-hybridized carbons (Fsp3) is 0.417. The average molecular weight is 395 g/mol. The average Bonchev–Trinajstić information content (AvgIpc) is 2.74. The molecule has 3 rings (SSSR count). The van der Waals surface area contributed by atoms with E-state index in [9.17, 15) is 14.7 Å². The van der Waals surface area contributed by atoms with Crippen LogP contribution in [0.3, 0.4) is 0 Å². The minimum Gasteiger partial charge on any atom is -0.489 e. The molecule has 0 spiro atoms. The first-order valence-electron chi connectivity index (χ1n) is 10.3. The summed E-state index contributed by atoms with van der Waals surface area (Å²) in [5.41, 5.74) is 3.46. The van der Waals surface area contributed by atoms with E-state index in [4.69, 9.17) is 4.74 Å². The van der Waals surface area contributed by atoms with Crippen LogP contribution in [-0.2, 0) is 22.6 Å². The van der Waals surface area contributed by atoms with Crippen molar-refractivity contribution in [1.29, 1.82) is 0 Å². The van der Waals surface area contributed by atoms with Crippen LogP contribution in [0, 0.1) is 18.8 Å². The highest BCUT2D eigenvalue weighted by atomic mass is 16.5. The van der Waals surface area contributed by atoms with Gasteiger partial charge in [-0.25, -0.2) is 0 Å². The van der Waals surface area contributed by atoms with E-state index in [0.717, 1.165) is 29.7 Å². The summed E-state index contributed by atoms with van der Waals surface area (Å²) in [4.78, 5) is 23.8. The molecule has 1 amide bonds. The molecule has 154 valence electrons. The number of hydrogen-bond acceptors (Lipinski definition) is 3. The molecule has 1 saturated carbocycles. The van der Waals surface area contributed by atoms with Crippen molar-refractivity contribution in [3.63, 3.8) is 0 Å². The standard InChI is InChI=1S/C24H29NO4/c1-17-6-8-19(9-7-17)16-29-20-12-10-18(11-13-20)14-15-25-23(26)21-4-2-3-5-22(21)24(27)28/h6-13,21-22H,2-5,14-16H2,1H3,(H,25,26)(H,27,28). The fourth-order valence-corrected chi connectivity index (χ4v) is 3.80. The van der Waals surface area contributed by atoms with Gasteiger partial charge in [-0.05, 0) is 49.4 Å². The van der Waals surface area contributed by atoms with Crippen LogP contribution >= 0.6 is 0 Å². The van der Waals surface area contributed by atoms with E-state index < -0.39 is 17.8 Å². The first kappa shape index (κ1) is 20.9. The summed E-state index contributed by atoms with van der Waals surface area (Å²) in [7, 11) is 0. The van der Waals surface area contributed by atoms with Crippen molar-refractivity contribution in [3.05, 3.63) is 65.2 Å². The minimum atomic E-state index is -0.855. The smallest absolute Gasteiger partial charge is 0.307 e. The largest absolute Gasteiger partial charge is 0.489 e. The lowest BCUT2D eigenvalue weighted by Crippen LogP contribution is -2.40. The molecule has 2 N–H and O–H groups in total. The summed E-state index contributed by atoms with van der Waals surface area (Å²) in [6.45, 7) is 3.10. The zero-order valence-corrected chi connectivity index (χ0v) is 16.9. The molecule has 0 saturated heterocycles. The van der Waals surface area contributed by atoms with Crippen LogP contribution < -0.4 is 10.1 Å². The van der Waals surface area contributed by atoms with Crippen molar-refractivity contribution in [2.75, 3.05) is 6.54 Å². The van der Waals surface area contributed by atoms with Gasteiger partial charge in [-0.15, -0.1) is 0 Å². The fourth-order valence-electron chi connectivity index (χ4n) is 3.80. The SMILES string of the molecule is Cc1ccc(COc2ccc(CCNC(=O)C3CCCCC3C(=O)O)cc2)cc1. The topological polar surface area (TPSA) is 75.6 Å². The molecule has 2 aromatic rings. The van der Waals surface area contributed by atoms with Crippen LogP contribution in [0.25, 0.3) is 0 Å². The molecule has 1 aliphatic rings. The molecule has 0 heterocycles. The molecule has 0 radical (unpaired) electrons. The highest BCUT2D eigenvalue weighted by molar-refractivity contribution is 5.84. The second kappa shape index (κ2) is 10.1. The van der Waals surface area contributed by atoms with E-state index >= 15 is 0 Å². The van der Waals surface area contributed by atoms with E-state index in [2.05, 4.69) is 36.5 Å². The number of carboxylic acid groups (broad SMARTS) is 1. The number of rotatable bonds is 8. The number of aryl methyl sites for hydroxylation is 1. The van der Waals surface area contributed by atoms with Crippen LogP contribution in [0.1, 0.15) is 42.4 Å². The Morgan fingerprint density at radius 2 is 1.59 bits per heavy atom. The molecule has 2 unspecified atom stereocenters. The number of ether oxygens (including phenoxy) is 1. The maximum absolute atomic E-state index is 12.4. The predicted octanol–water partition coefficient (Wildman–Crippen LogP) is 4.12. The second-order valence-electron chi connectivity index (χ2n) is 7.79. The molecule has 2 atom stereocenters. The number of nitrogens with one attached hydrogen (secondary N) is 1. The summed E-state index contributed by atoms with van der Waals surface area (Å²) >= 11 is 0. The zero-order valence-electron chi connectivity index (χ0n) is 16.9. The first-order chi connectivity index (χ1) is 14.0. The van der Waals surface area contributed by atoms with E-state index in [0.29, 0.717) is 32.4 Å². The number of carboxylic acids is 1. The lowest BCUT2D eigenvalue weighted by Gasteiger charge is -2.27. The highest BCUT2D eigenvalue weighted by Gasteiger charge is 2.35. The third-order valence-electron chi connectivity index (χ3n) is 5.58. The highest BCUT2D eigenvalue weighted by Crippen LogP contribution is 2.30. The summed E-state index contributed by atoms with van der Waals surface area (Å²) in [5, 5.41) is 12.2. The quantitative estimate of drug-likeness (QED) is 0.705. The van der Waals surface area contributed by atoms with Gasteiger partial charge in [-0.1, -0.05) is 54.8 Å². The van der Waals surface area contributed by atoms with E-state index in [1.807, 2.05) is 24.3 Å². The zero-order chi connectivity index (χ0) is 20.6. The van der Waals surface area contributed by atoms with Gasteiger partial charge >= 0.3 is 5.97 Å². The monoisotopic (exact) mass is 395 g/mol. The van der Waals surface area contributed by atoms with Gasteiger partial charge in [0.1, 0.15) is 12.4 Å². The number of hydrogen-bond donors (Lipinski definition) is 2. The number of carbonyl (C=O) groups is 2. The van der Waals surface area contributed by atoms with Crippen molar-refractivity contribution >= 4 is 11.9 Å². The predicted molar refractivity (Wildman–Crippen MR) is 112 cm³/mol. The molecule has 1 aliphatic carbocycles. The molecule has 0 aliphatic heterocycles. The Labute approximate surface area is 172 Å². The van der Waals surface area contributed by atoms with Gasteiger partial charge in [-0.2, -0.15) is 0 Å². The Kier molecular flexibility index (Phi) is 7.28. The van der Waals surface area contributed by atoms with Crippen molar-refractivity contribution < 1.29 is 19.4 Å². The van der Waals surface area contributed by atoms with Crippen LogP contribution in [-0.4, -0.2) is 23.5 Å². The van der Waals surface area contributed by atoms with Gasteiger partial charge in [0.05, 0.1) is 11.8 Å². The van der Waals surface area contributed by atoms with Crippen molar-refractivity contribution in [1.82, 2.24) is 5.32 Å². The Balaban J connectivity index is 1.43. The summed E-state index contributed by atoms with van der Waals surface area (Å²) in [5.74, 6) is -1.13.